The Morgan fingerprint density at radius 3 is 2.65 bits per heavy atom. The molecule has 0 amide bonds. The molecule has 0 bridgehead atoms. The van der Waals surface area contributed by atoms with Crippen molar-refractivity contribution in [1.82, 2.24) is 10.2 Å². The van der Waals surface area contributed by atoms with Crippen LogP contribution in [0.1, 0.15) is 25.8 Å². The lowest BCUT2D eigenvalue weighted by molar-refractivity contribution is 0.121. The molecule has 94 valence electrons. The first-order valence-corrected chi connectivity index (χ1v) is 6.64. The second-order valence-corrected chi connectivity index (χ2v) is 5.47. The predicted octanol–water partition coefficient (Wildman–Crippen LogP) is 2.50. The van der Waals surface area contributed by atoms with Gasteiger partial charge in [0.05, 0.1) is 0 Å². The van der Waals surface area contributed by atoms with Gasteiger partial charge in [0, 0.05) is 25.2 Å². The smallest absolute Gasteiger partial charge is 0.0208 e. The van der Waals surface area contributed by atoms with Crippen molar-refractivity contribution in [2.24, 2.45) is 5.92 Å². The van der Waals surface area contributed by atoms with Crippen molar-refractivity contribution in [1.29, 1.82) is 0 Å². The van der Waals surface area contributed by atoms with Gasteiger partial charge in [-0.15, -0.1) is 0 Å². The van der Waals surface area contributed by atoms with Gasteiger partial charge in [0.25, 0.3) is 0 Å². The minimum absolute atomic E-state index is 0.654. The van der Waals surface area contributed by atoms with E-state index in [4.69, 9.17) is 0 Å². The molecule has 0 radical (unpaired) electrons. The molecule has 1 aliphatic rings. The fourth-order valence-corrected chi connectivity index (χ4v) is 2.67. The van der Waals surface area contributed by atoms with Gasteiger partial charge < -0.3 is 10.2 Å². The Morgan fingerprint density at radius 2 is 1.94 bits per heavy atom. The average Bonchev–Trinajstić information content (AvgIpc) is 2.33. The summed E-state index contributed by atoms with van der Waals surface area (Å²) in [5.41, 5.74) is 1.38. The second kappa shape index (κ2) is 5.65. The molecule has 1 heterocycles. The zero-order valence-electron chi connectivity index (χ0n) is 11.2. The molecule has 0 aliphatic carbocycles. The van der Waals surface area contributed by atoms with Crippen molar-refractivity contribution in [2.45, 2.75) is 38.9 Å². The van der Waals surface area contributed by atoms with Crippen molar-refractivity contribution in [3.05, 3.63) is 35.9 Å². The zero-order valence-corrected chi connectivity index (χ0v) is 11.2. The fourth-order valence-electron chi connectivity index (χ4n) is 2.67. The summed E-state index contributed by atoms with van der Waals surface area (Å²) < 4.78 is 0. The third-order valence-corrected chi connectivity index (χ3v) is 4.02. The molecule has 0 saturated carbocycles. The highest BCUT2D eigenvalue weighted by atomic mass is 15.2. The maximum absolute atomic E-state index is 3.71. The molecular formula is C15H24N2. The highest BCUT2D eigenvalue weighted by molar-refractivity contribution is 5.14. The van der Waals surface area contributed by atoms with E-state index in [2.05, 4.69) is 61.4 Å². The van der Waals surface area contributed by atoms with Crippen LogP contribution in [-0.2, 0) is 6.54 Å². The van der Waals surface area contributed by atoms with Gasteiger partial charge in [-0.2, -0.15) is 0 Å². The number of nitrogens with one attached hydrogen (secondary N) is 1. The van der Waals surface area contributed by atoms with Crippen LogP contribution >= 0.6 is 0 Å². The van der Waals surface area contributed by atoms with Crippen molar-refractivity contribution in [2.75, 3.05) is 13.6 Å². The van der Waals surface area contributed by atoms with Gasteiger partial charge in [-0.25, -0.2) is 0 Å². The molecule has 1 fully saturated rings. The minimum atomic E-state index is 0.654. The number of hydrogen-bond donors (Lipinski definition) is 1. The summed E-state index contributed by atoms with van der Waals surface area (Å²) in [7, 11) is 2.23. The van der Waals surface area contributed by atoms with Crippen LogP contribution in [0.2, 0.25) is 0 Å². The molecule has 1 saturated heterocycles. The number of nitrogens with zero attached hydrogens (tertiary/aromatic N) is 1. The second-order valence-electron chi connectivity index (χ2n) is 5.47. The maximum atomic E-state index is 3.71. The van der Waals surface area contributed by atoms with Crippen molar-refractivity contribution in [3.63, 3.8) is 0 Å². The van der Waals surface area contributed by atoms with Crippen LogP contribution in [0.4, 0.5) is 0 Å². The first kappa shape index (κ1) is 12.6. The third-order valence-electron chi connectivity index (χ3n) is 4.02. The highest BCUT2D eigenvalue weighted by Gasteiger charge is 2.28. The Morgan fingerprint density at radius 1 is 1.24 bits per heavy atom. The molecule has 2 rings (SSSR count). The van der Waals surface area contributed by atoms with E-state index in [-0.39, 0.29) is 0 Å². The van der Waals surface area contributed by atoms with Gasteiger partial charge >= 0.3 is 0 Å². The maximum Gasteiger partial charge on any atom is 0.0208 e. The number of likely N-dealkylation sites (tertiary alicyclic amines) is 1. The molecule has 1 aliphatic heterocycles. The van der Waals surface area contributed by atoms with Crippen LogP contribution in [0.15, 0.2) is 30.3 Å². The SMILES string of the molecule is C[C@@H]1C[C@H](NCc2ccccc2)[C@@H](C)CN1C. The Kier molecular flexibility index (Phi) is 4.19. The van der Waals surface area contributed by atoms with Crippen LogP contribution in [-0.4, -0.2) is 30.6 Å². The summed E-state index contributed by atoms with van der Waals surface area (Å²) in [5, 5.41) is 3.71. The van der Waals surface area contributed by atoms with E-state index in [1.165, 1.54) is 18.5 Å². The van der Waals surface area contributed by atoms with Gasteiger partial charge in [0.15, 0.2) is 0 Å². The lowest BCUT2D eigenvalue weighted by Gasteiger charge is -2.40. The lowest BCUT2D eigenvalue weighted by atomic mass is 9.90. The Bertz CT molecular complexity index is 336. The first-order valence-electron chi connectivity index (χ1n) is 6.64. The van der Waals surface area contributed by atoms with E-state index < -0.39 is 0 Å². The van der Waals surface area contributed by atoms with Gasteiger partial charge in [0.2, 0.25) is 0 Å². The average molecular weight is 232 g/mol. The van der Waals surface area contributed by atoms with Gasteiger partial charge in [-0.05, 0) is 31.9 Å². The molecule has 3 atom stereocenters. The van der Waals surface area contributed by atoms with Crippen LogP contribution in [0.3, 0.4) is 0 Å². The first-order chi connectivity index (χ1) is 8.16. The summed E-state index contributed by atoms with van der Waals surface area (Å²) in [5.74, 6) is 0.736. The summed E-state index contributed by atoms with van der Waals surface area (Å²) in [6.07, 6.45) is 1.25. The third kappa shape index (κ3) is 3.30. The molecule has 1 aromatic carbocycles. The monoisotopic (exact) mass is 232 g/mol. The summed E-state index contributed by atoms with van der Waals surface area (Å²) in [6.45, 7) is 6.87. The Hall–Kier alpha value is -0.860. The van der Waals surface area contributed by atoms with E-state index in [0.29, 0.717) is 12.1 Å². The Labute approximate surface area is 105 Å². The number of piperidine rings is 1. The van der Waals surface area contributed by atoms with E-state index in [9.17, 15) is 0 Å². The lowest BCUT2D eigenvalue weighted by Crippen LogP contribution is -2.50. The predicted molar refractivity (Wildman–Crippen MR) is 72.9 cm³/mol. The molecule has 0 unspecified atom stereocenters. The molecule has 17 heavy (non-hydrogen) atoms. The van der Waals surface area contributed by atoms with Gasteiger partial charge in [0.1, 0.15) is 0 Å². The quantitative estimate of drug-likeness (QED) is 0.861. The number of benzene rings is 1. The fraction of sp³-hybridized carbons (Fsp3) is 0.600. The van der Waals surface area contributed by atoms with Gasteiger partial charge in [-0.3, -0.25) is 0 Å². The molecular weight excluding hydrogens is 208 g/mol. The Balaban J connectivity index is 1.87. The van der Waals surface area contributed by atoms with E-state index in [1.807, 2.05) is 0 Å². The van der Waals surface area contributed by atoms with Crippen LogP contribution < -0.4 is 5.32 Å². The molecule has 1 aromatic rings. The van der Waals surface area contributed by atoms with Crippen LogP contribution in [0.5, 0.6) is 0 Å². The normalized spacial score (nSPS) is 30.4. The molecule has 2 nitrogen and oxygen atoms in total. The molecule has 2 heteroatoms. The number of rotatable bonds is 3. The van der Waals surface area contributed by atoms with Crippen LogP contribution in [0.25, 0.3) is 0 Å². The van der Waals surface area contributed by atoms with Crippen molar-refractivity contribution in [3.8, 4) is 0 Å². The topological polar surface area (TPSA) is 15.3 Å². The molecule has 1 N–H and O–H groups in total. The number of hydrogen-bond acceptors (Lipinski definition) is 2. The summed E-state index contributed by atoms with van der Waals surface area (Å²) in [4.78, 5) is 2.46. The van der Waals surface area contributed by atoms with E-state index >= 15 is 0 Å². The standard InChI is InChI=1S/C15H24N2/c1-12-11-17(3)13(2)9-15(12)16-10-14-7-5-4-6-8-14/h4-8,12-13,15-16H,9-11H2,1-3H3/t12-,13+,15-/m0/s1. The van der Waals surface area contributed by atoms with Crippen molar-refractivity contribution < 1.29 is 0 Å². The van der Waals surface area contributed by atoms with Crippen molar-refractivity contribution >= 4 is 0 Å². The van der Waals surface area contributed by atoms with E-state index in [1.54, 1.807) is 0 Å². The zero-order chi connectivity index (χ0) is 12.3. The van der Waals surface area contributed by atoms with Gasteiger partial charge in [-0.1, -0.05) is 37.3 Å². The molecule has 0 spiro atoms. The summed E-state index contributed by atoms with van der Waals surface area (Å²) >= 11 is 0. The molecule has 0 aromatic heterocycles. The van der Waals surface area contributed by atoms with E-state index in [0.717, 1.165) is 12.5 Å². The highest BCUT2D eigenvalue weighted by Crippen LogP contribution is 2.20. The largest absolute Gasteiger partial charge is 0.310 e. The van der Waals surface area contributed by atoms with Crippen LogP contribution in [0, 0.1) is 5.92 Å². The minimum Gasteiger partial charge on any atom is -0.310 e. The summed E-state index contributed by atoms with van der Waals surface area (Å²) in [6, 6.07) is 12.0.